The van der Waals surface area contributed by atoms with Gasteiger partial charge in [0.2, 0.25) is 0 Å². The zero-order valence-electron chi connectivity index (χ0n) is 13.3. The number of nitrogens with zero attached hydrogens (tertiary/aromatic N) is 3. The Bertz CT molecular complexity index is 637. The summed E-state index contributed by atoms with van der Waals surface area (Å²) in [5, 5.41) is 8.02. The summed E-state index contributed by atoms with van der Waals surface area (Å²) in [6.45, 7) is 3.93. The molecule has 2 atom stereocenters. The number of rotatable bonds is 4. The summed E-state index contributed by atoms with van der Waals surface area (Å²) < 4.78 is 14.9. The molecule has 4 rings (SSSR count). The van der Waals surface area contributed by atoms with Gasteiger partial charge in [0.1, 0.15) is 5.82 Å². The maximum absolute atomic E-state index is 13.0. The second kappa shape index (κ2) is 6.42. The van der Waals surface area contributed by atoms with Gasteiger partial charge in [-0.25, -0.2) is 4.39 Å². The van der Waals surface area contributed by atoms with Crippen LogP contribution in [0.15, 0.2) is 36.7 Å². The number of hydrogen-bond acceptors (Lipinski definition) is 3. The lowest BCUT2D eigenvalue weighted by atomic mass is 10.1. The van der Waals surface area contributed by atoms with Gasteiger partial charge in [-0.3, -0.25) is 9.58 Å². The highest BCUT2D eigenvalue weighted by Crippen LogP contribution is 2.29. The molecule has 0 aliphatic carbocycles. The van der Waals surface area contributed by atoms with Crippen molar-refractivity contribution in [3.63, 3.8) is 0 Å². The van der Waals surface area contributed by atoms with E-state index in [0.29, 0.717) is 12.6 Å². The smallest absolute Gasteiger partial charge is 0.123 e. The van der Waals surface area contributed by atoms with Crippen molar-refractivity contribution in [1.82, 2.24) is 20.0 Å². The molecule has 0 radical (unpaired) electrons. The molecule has 0 saturated carbocycles. The van der Waals surface area contributed by atoms with E-state index in [2.05, 4.69) is 21.5 Å². The van der Waals surface area contributed by atoms with Gasteiger partial charge in [-0.05, 0) is 43.5 Å². The summed E-state index contributed by atoms with van der Waals surface area (Å²) in [4.78, 5) is 2.65. The third-order valence-corrected chi connectivity index (χ3v) is 5.12. The molecular formula is C18H23FN4. The van der Waals surface area contributed by atoms with Crippen LogP contribution in [0, 0.1) is 5.82 Å². The van der Waals surface area contributed by atoms with Gasteiger partial charge in [0.25, 0.3) is 0 Å². The molecule has 1 N–H and O–H groups in total. The van der Waals surface area contributed by atoms with E-state index in [1.54, 1.807) is 0 Å². The van der Waals surface area contributed by atoms with Crippen LogP contribution in [0.5, 0.6) is 0 Å². The molecule has 2 aromatic rings. The Hall–Kier alpha value is -1.72. The second-order valence-electron chi connectivity index (χ2n) is 6.72. The van der Waals surface area contributed by atoms with Crippen molar-refractivity contribution >= 4 is 0 Å². The number of halogens is 1. The van der Waals surface area contributed by atoms with Crippen molar-refractivity contribution < 1.29 is 4.39 Å². The molecule has 0 amide bonds. The average molecular weight is 314 g/mol. The molecule has 0 spiro atoms. The lowest BCUT2D eigenvalue weighted by Gasteiger charge is -2.26. The first-order valence-electron chi connectivity index (χ1n) is 8.50. The number of fused-ring (bicyclic) bond motifs is 2. The minimum absolute atomic E-state index is 0.194. The van der Waals surface area contributed by atoms with Crippen LogP contribution in [0.25, 0.3) is 0 Å². The molecule has 2 saturated heterocycles. The van der Waals surface area contributed by atoms with Crippen molar-refractivity contribution in [3.05, 3.63) is 53.6 Å². The maximum Gasteiger partial charge on any atom is 0.123 e. The van der Waals surface area contributed by atoms with Gasteiger partial charge in [0.05, 0.1) is 12.7 Å². The highest BCUT2D eigenvalue weighted by Gasteiger charge is 2.34. The minimum atomic E-state index is -0.194. The first kappa shape index (κ1) is 14.8. The molecule has 2 unspecified atom stereocenters. The van der Waals surface area contributed by atoms with E-state index < -0.39 is 0 Å². The molecule has 23 heavy (non-hydrogen) atoms. The normalized spacial score (nSPS) is 24.7. The van der Waals surface area contributed by atoms with Gasteiger partial charge in [0, 0.05) is 36.9 Å². The van der Waals surface area contributed by atoms with Crippen LogP contribution in [0.1, 0.15) is 30.4 Å². The molecule has 122 valence electrons. The Morgan fingerprint density at radius 3 is 2.74 bits per heavy atom. The van der Waals surface area contributed by atoms with Crippen molar-refractivity contribution in [2.45, 2.75) is 44.4 Å². The summed E-state index contributed by atoms with van der Waals surface area (Å²) in [6, 6.07) is 8.02. The molecule has 2 fully saturated rings. The zero-order chi connectivity index (χ0) is 15.6. The SMILES string of the molecule is Fc1ccc(Cn2cc(CN3C4CCNCC3CC4)cn2)cc1. The fourth-order valence-electron chi connectivity index (χ4n) is 3.90. The Kier molecular flexibility index (Phi) is 4.14. The van der Waals surface area contributed by atoms with Crippen LogP contribution in [0.3, 0.4) is 0 Å². The first-order valence-corrected chi connectivity index (χ1v) is 8.50. The van der Waals surface area contributed by atoms with E-state index in [-0.39, 0.29) is 5.82 Å². The molecule has 5 heteroatoms. The van der Waals surface area contributed by atoms with E-state index in [1.165, 1.54) is 37.0 Å². The predicted molar refractivity (Wildman–Crippen MR) is 87.6 cm³/mol. The van der Waals surface area contributed by atoms with E-state index in [9.17, 15) is 4.39 Å². The topological polar surface area (TPSA) is 33.1 Å². The minimum Gasteiger partial charge on any atom is -0.315 e. The van der Waals surface area contributed by atoms with Crippen LogP contribution in [-0.2, 0) is 13.1 Å². The molecule has 4 nitrogen and oxygen atoms in total. The standard InChI is InChI=1S/C18H23FN4/c19-16-3-1-14(2-4-16)11-22-12-15(9-21-22)13-23-17-5-6-18(23)10-20-8-7-17/h1-4,9,12,17-18,20H,5-8,10-11,13H2. The van der Waals surface area contributed by atoms with Gasteiger partial charge in [0.15, 0.2) is 0 Å². The lowest BCUT2D eigenvalue weighted by Crippen LogP contribution is -2.37. The molecule has 2 aliphatic rings. The summed E-state index contributed by atoms with van der Waals surface area (Å²) in [6.07, 6.45) is 7.99. The quantitative estimate of drug-likeness (QED) is 0.941. The van der Waals surface area contributed by atoms with Crippen LogP contribution >= 0.6 is 0 Å². The van der Waals surface area contributed by atoms with Gasteiger partial charge < -0.3 is 5.32 Å². The molecular weight excluding hydrogens is 291 g/mol. The van der Waals surface area contributed by atoms with Gasteiger partial charge >= 0.3 is 0 Å². The van der Waals surface area contributed by atoms with Gasteiger partial charge in [-0.15, -0.1) is 0 Å². The number of benzene rings is 1. The number of hydrogen-bond donors (Lipinski definition) is 1. The summed E-state index contributed by atoms with van der Waals surface area (Å²) in [7, 11) is 0. The predicted octanol–water partition coefficient (Wildman–Crippen LogP) is 2.40. The summed E-state index contributed by atoms with van der Waals surface area (Å²) in [5.41, 5.74) is 2.34. The average Bonchev–Trinajstić information content (AvgIpc) is 3.06. The molecule has 1 aromatic heterocycles. The van der Waals surface area contributed by atoms with Crippen LogP contribution in [-0.4, -0.2) is 39.9 Å². The molecule has 2 aliphatic heterocycles. The largest absolute Gasteiger partial charge is 0.315 e. The fraction of sp³-hybridized carbons (Fsp3) is 0.500. The van der Waals surface area contributed by atoms with E-state index in [1.807, 2.05) is 23.0 Å². The van der Waals surface area contributed by atoms with Crippen molar-refractivity contribution in [3.8, 4) is 0 Å². The van der Waals surface area contributed by atoms with E-state index in [0.717, 1.165) is 31.2 Å². The maximum atomic E-state index is 13.0. The van der Waals surface area contributed by atoms with Gasteiger partial charge in [-0.1, -0.05) is 12.1 Å². The molecule has 3 heterocycles. The zero-order valence-corrected chi connectivity index (χ0v) is 13.3. The summed E-state index contributed by atoms with van der Waals surface area (Å²) in [5.74, 6) is -0.194. The van der Waals surface area contributed by atoms with Crippen molar-refractivity contribution in [1.29, 1.82) is 0 Å². The third-order valence-electron chi connectivity index (χ3n) is 5.12. The second-order valence-corrected chi connectivity index (χ2v) is 6.72. The van der Waals surface area contributed by atoms with Crippen molar-refractivity contribution in [2.24, 2.45) is 0 Å². The molecule has 2 bridgehead atoms. The first-order chi connectivity index (χ1) is 11.3. The van der Waals surface area contributed by atoms with Gasteiger partial charge in [-0.2, -0.15) is 5.10 Å². The molecule has 1 aromatic carbocycles. The number of aromatic nitrogens is 2. The Labute approximate surface area is 136 Å². The lowest BCUT2D eigenvalue weighted by molar-refractivity contribution is 0.193. The fourth-order valence-corrected chi connectivity index (χ4v) is 3.90. The summed E-state index contributed by atoms with van der Waals surface area (Å²) >= 11 is 0. The van der Waals surface area contributed by atoms with E-state index >= 15 is 0 Å². The van der Waals surface area contributed by atoms with E-state index in [4.69, 9.17) is 0 Å². The van der Waals surface area contributed by atoms with Crippen molar-refractivity contribution in [2.75, 3.05) is 13.1 Å². The third kappa shape index (κ3) is 3.31. The van der Waals surface area contributed by atoms with Crippen LogP contribution in [0.2, 0.25) is 0 Å². The monoisotopic (exact) mass is 314 g/mol. The highest BCUT2D eigenvalue weighted by atomic mass is 19.1. The highest BCUT2D eigenvalue weighted by molar-refractivity contribution is 5.17. The Balaban J connectivity index is 1.42. The number of nitrogens with one attached hydrogen (secondary N) is 1. The Morgan fingerprint density at radius 2 is 1.87 bits per heavy atom. The Morgan fingerprint density at radius 1 is 1.04 bits per heavy atom. The van der Waals surface area contributed by atoms with Crippen LogP contribution < -0.4 is 5.32 Å². The van der Waals surface area contributed by atoms with Crippen LogP contribution in [0.4, 0.5) is 4.39 Å².